The molecule has 0 aromatic heterocycles. The molecule has 0 saturated carbocycles. The summed E-state index contributed by atoms with van der Waals surface area (Å²) < 4.78 is 10.6. The second-order valence-corrected chi connectivity index (χ2v) is 7.86. The monoisotopic (exact) mass is 423 g/mol. The van der Waals surface area contributed by atoms with Gasteiger partial charge in [0.25, 0.3) is 11.8 Å². The smallest absolute Gasteiger partial charge is 0.338 e. The van der Waals surface area contributed by atoms with E-state index in [4.69, 9.17) is 15.2 Å². The Balaban J connectivity index is 2.07. The number of carbonyl (C=O) groups excluding carboxylic acids is 3. The first kappa shape index (κ1) is 22.1. The van der Waals surface area contributed by atoms with Crippen LogP contribution >= 0.6 is 0 Å². The van der Waals surface area contributed by atoms with E-state index in [1.54, 1.807) is 32.0 Å². The van der Waals surface area contributed by atoms with Crippen LogP contribution in [0.2, 0.25) is 0 Å². The van der Waals surface area contributed by atoms with Crippen molar-refractivity contribution in [2.75, 3.05) is 13.2 Å². The van der Waals surface area contributed by atoms with Gasteiger partial charge in [0.2, 0.25) is 5.88 Å². The van der Waals surface area contributed by atoms with Gasteiger partial charge in [-0.05, 0) is 43.9 Å². The highest BCUT2D eigenvalue weighted by Gasteiger charge is 2.39. The minimum atomic E-state index is -0.865. The van der Waals surface area contributed by atoms with Crippen LogP contribution in [0.25, 0.3) is 0 Å². The van der Waals surface area contributed by atoms with Crippen molar-refractivity contribution >= 4 is 17.8 Å². The molecule has 1 atom stereocenters. The van der Waals surface area contributed by atoms with Crippen molar-refractivity contribution in [1.82, 2.24) is 4.90 Å². The molecule has 2 amide bonds. The average molecular weight is 423 g/mol. The number of ether oxygens (including phenoxy) is 2. The number of benzene rings is 1. The minimum absolute atomic E-state index is 0.0436. The summed E-state index contributed by atoms with van der Waals surface area (Å²) in [5.41, 5.74) is 7.13. The van der Waals surface area contributed by atoms with E-state index in [1.165, 1.54) is 4.90 Å². The van der Waals surface area contributed by atoms with Crippen LogP contribution < -0.4 is 5.73 Å². The fraction of sp³-hybridized carbons (Fsp3) is 0.391. The Labute approximate surface area is 180 Å². The molecule has 3 rings (SSSR count). The number of imide groups is 1. The normalized spacial score (nSPS) is 18.3. The van der Waals surface area contributed by atoms with Gasteiger partial charge in [0, 0.05) is 6.54 Å². The maximum Gasteiger partial charge on any atom is 0.338 e. The van der Waals surface area contributed by atoms with Crippen molar-refractivity contribution < 1.29 is 23.9 Å². The summed E-state index contributed by atoms with van der Waals surface area (Å²) in [5.74, 6) is -1.77. The number of amides is 2. The molecule has 0 radical (unpaired) electrons. The zero-order valence-corrected chi connectivity index (χ0v) is 18.0. The van der Waals surface area contributed by atoms with Crippen LogP contribution in [0.3, 0.4) is 0 Å². The number of allylic oxidation sites excluding steroid dienone is 2. The fourth-order valence-corrected chi connectivity index (χ4v) is 3.77. The van der Waals surface area contributed by atoms with Gasteiger partial charge in [-0.25, -0.2) is 4.79 Å². The summed E-state index contributed by atoms with van der Waals surface area (Å²) in [7, 11) is 0. The molecular formula is C23H25N3O5. The lowest BCUT2D eigenvalue weighted by Gasteiger charge is -2.27. The predicted molar refractivity (Wildman–Crippen MR) is 111 cm³/mol. The Morgan fingerprint density at radius 2 is 1.97 bits per heavy atom. The van der Waals surface area contributed by atoms with E-state index in [9.17, 15) is 19.6 Å². The minimum Gasteiger partial charge on any atom is -0.463 e. The molecule has 1 aromatic carbocycles. The number of nitrogens with two attached hydrogens (primary N) is 1. The van der Waals surface area contributed by atoms with Crippen LogP contribution in [0.15, 0.2) is 41.0 Å². The van der Waals surface area contributed by atoms with E-state index >= 15 is 0 Å². The third kappa shape index (κ3) is 3.91. The van der Waals surface area contributed by atoms with Crippen LogP contribution in [0.5, 0.6) is 0 Å². The molecule has 8 heteroatoms. The molecule has 0 fully saturated rings. The number of nitrogens with zero attached hydrogens (tertiary/aromatic N) is 2. The Morgan fingerprint density at radius 3 is 2.58 bits per heavy atom. The third-order valence-corrected chi connectivity index (χ3v) is 5.36. The molecule has 2 aliphatic heterocycles. The molecule has 2 heterocycles. The van der Waals surface area contributed by atoms with Gasteiger partial charge in [-0.1, -0.05) is 19.9 Å². The standard InChI is InChI=1S/C23H25N3O5/c1-5-30-23(29)18-13(4)31-20(25)17(11-24)19(18)14-6-7-15-16(10-14)22(28)26(21(15)27)9-8-12(2)3/h6-7,10,12,19H,5,8-9,25H2,1-4H3. The summed E-state index contributed by atoms with van der Waals surface area (Å²) in [6, 6.07) is 6.74. The van der Waals surface area contributed by atoms with E-state index in [0.29, 0.717) is 30.0 Å². The van der Waals surface area contributed by atoms with Crippen molar-refractivity contribution in [2.45, 2.75) is 40.0 Å². The van der Waals surface area contributed by atoms with Gasteiger partial charge in [0.05, 0.1) is 29.2 Å². The lowest BCUT2D eigenvalue weighted by Crippen LogP contribution is -2.31. The Morgan fingerprint density at radius 1 is 1.29 bits per heavy atom. The van der Waals surface area contributed by atoms with Crippen LogP contribution in [0, 0.1) is 17.2 Å². The lowest BCUT2D eigenvalue weighted by molar-refractivity contribution is -0.139. The van der Waals surface area contributed by atoms with Crippen molar-refractivity contribution in [2.24, 2.45) is 11.7 Å². The van der Waals surface area contributed by atoms with Crippen LogP contribution in [-0.4, -0.2) is 35.8 Å². The molecule has 0 spiro atoms. The Kier molecular flexibility index (Phi) is 6.16. The number of fused-ring (bicyclic) bond motifs is 1. The van der Waals surface area contributed by atoms with Crippen molar-refractivity contribution in [1.29, 1.82) is 5.26 Å². The molecule has 2 N–H and O–H groups in total. The van der Waals surface area contributed by atoms with Gasteiger partial charge in [-0.15, -0.1) is 0 Å². The van der Waals surface area contributed by atoms with Crippen LogP contribution in [0.1, 0.15) is 66.3 Å². The zero-order valence-electron chi connectivity index (χ0n) is 18.0. The van der Waals surface area contributed by atoms with Crippen molar-refractivity contribution in [3.8, 4) is 6.07 Å². The van der Waals surface area contributed by atoms with Crippen molar-refractivity contribution in [3.05, 3.63) is 57.7 Å². The molecule has 0 aliphatic carbocycles. The molecule has 0 bridgehead atoms. The summed E-state index contributed by atoms with van der Waals surface area (Å²) >= 11 is 0. The number of hydrogen-bond acceptors (Lipinski definition) is 7. The molecule has 8 nitrogen and oxygen atoms in total. The largest absolute Gasteiger partial charge is 0.463 e. The number of nitriles is 1. The quantitative estimate of drug-likeness (QED) is 0.551. The average Bonchev–Trinajstić information content (AvgIpc) is 2.95. The molecule has 0 saturated heterocycles. The van der Waals surface area contributed by atoms with Gasteiger partial charge in [-0.3, -0.25) is 14.5 Å². The van der Waals surface area contributed by atoms with E-state index in [0.717, 1.165) is 0 Å². The van der Waals surface area contributed by atoms with E-state index in [2.05, 4.69) is 0 Å². The Bertz CT molecular complexity index is 1060. The lowest BCUT2D eigenvalue weighted by atomic mass is 9.82. The van der Waals surface area contributed by atoms with Gasteiger partial charge in [-0.2, -0.15) is 5.26 Å². The first-order chi connectivity index (χ1) is 14.7. The Hall–Kier alpha value is -3.60. The molecule has 31 heavy (non-hydrogen) atoms. The second-order valence-electron chi connectivity index (χ2n) is 7.86. The first-order valence-electron chi connectivity index (χ1n) is 10.2. The molecule has 1 unspecified atom stereocenters. The van der Waals surface area contributed by atoms with Gasteiger partial charge >= 0.3 is 5.97 Å². The number of rotatable bonds is 6. The van der Waals surface area contributed by atoms with Gasteiger partial charge < -0.3 is 15.2 Å². The highest BCUT2D eigenvalue weighted by molar-refractivity contribution is 6.21. The molecule has 1 aromatic rings. The van der Waals surface area contributed by atoms with Crippen LogP contribution in [0.4, 0.5) is 0 Å². The summed E-state index contributed by atoms with van der Waals surface area (Å²) in [4.78, 5) is 39.5. The van der Waals surface area contributed by atoms with E-state index in [-0.39, 0.29) is 46.8 Å². The zero-order chi connectivity index (χ0) is 22.9. The number of hydrogen-bond donors (Lipinski definition) is 1. The summed E-state index contributed by atoms with van der Waals surface area (Å²) in [5, 5.41) is 9.69. The van der Waals surface area contributed by atoms with Crippen LogP contribution in [-0.2, 0) is 14.3 Å². The van der Waals surface area contributed by atoms with E-state index in [1.807, 2.05) is 19.9 Å². The predicted octanol–water partition coefficient (Wildman–Crippen LogP) is 2.97. The highest BCUT2D eigenvalue weighted by Crippen LogP contribution is 2.40. The van der Waals surface area contributed by atoms with Gasteiger partial charge in [0.1, 0.15) is 17.4 Å². The first-order valence-corrected chi connectivity index (χ1v) is 10.2. The SMILES string of the molecule is CCOC(=O)C1=C(C)OC(N)=C(C#N)C1c1ccc2c(c1)C(=O)N(CCC(C)C)C2=O. The van der Waals surface area contributed by atoms with Crippen molar-refractivity contribution in [3.63, 3.8) is 0 Å². The molecule has 2 aliphatic rings. The second kappa shape index (κ2) is 8.64. The summed E-state index contributed by atoms with van der Waals surface area (Å²) in [6.07, 6.45) is 0.699. The molecule has 162 valence electrons. The number of esters is 1. The molecular weight excluding hydrogens is 398 g/mol. The maximum atomic E-state index is 12.9. The third-order valence-electron chi connectivity index (χ3n) is 5.36. The maximum absolute atomic E-state index is 12.9. The van der Waals surface area contributed by atoms with E-state index < -0.39 is 11.9 Å². The van der Waals surface area contributed by atoms with Gasteiger partial charge in [0.15, 0.2) is 0 Å². The fourth-order valence-electron chi connectivity index (χ4n) is 3.77. The topological polar surface area (TPSA) is 123 Å². The highest BCUT2D eigenvalue weighted by atomic mass is 16.5. The summed E-state index contributed by atoms with van der Waals surface area (Å²) in [6.45, 7) is 7.76. The number of carbonyl (C=O) groups is 3.